The number of ether oxygens (including phenoxy) is 1. The van der Waals surface area contributed by atoms with E-state index in [1.54, 1.807) is 12.1 Å². The van der Waals surface area contributed by atoms with Crippen LogP contribution in [0.25, 0.3) is 0 Å². The van der Waals surface area contributed by atoms with Crippen LogP contribution < -0.4 is 5.32 Å². The molecule has 0 saturated carbocycles. The molecule has 1 N–H and O–H groups in total. The minimum atomic E-state index is -2.47. The van der Waals surface area contributed by atoms with E-state index < -0.39 is 13.0 Å². The Kier molecular flexibility index (Phi) is 6.48. The molecule has 0 bridgehead atoms. The highest BCUT2D eigenvalue weighted by Gasteiger charge is 2.10. The number of hydrogen-bond donors (Lipinski definition) is 1. The van der Waals surface area contributed by atoms with Crippen LogP contribution in [-0.4, -0.2) is 32.1 Å². The number of alkyl halides is 2. The molecule has 0 heterocycles. The average Bonchev–Trinajstić information content (AvgIpc) is 2.31. The first-order valence-corrected chi connectivity index (χ1v) is 6.49. The zero-order valence-corrected chi connectivity index (χ0v) is 12.0. The van der Waals surface area contributed by atoms with Gasteiger partial charge in [-0.25, -0.2) is 8.78 Å². The van der Waals surface area contributed by atoms with Crippen LogP contribution in [0.2, 0.25) is 0 Å². The minimum absolute atomic E-state index is 0.0818. The molecule has 0 atom stereocenters. The van der Waals surface area contributed by atoms with Gasteiger partial charge in [0.25, 0.3) is 12.3 Å². The number of aryl methyl sites for hydroxylation is 1. The number of carbonyl (C=O) groups is 1. The van der Waals surface area contributed by atoms with E-state index in [0.29, 0.717) is 5.56 Å². The molecule has 3 nitrogen and oxygen atoms in total. The zero-order chi connectivity index (χ0) is 13.5. The Morgan fingerprint density at radius 3 is 2.89 bits per heavy atom. The molecule has 100 valence electrons. The SMILES string of the molecule is Cc1cccc(C(=O)NCCOCC(F)F)c1I. The number of rotatable bonds is 6. The van der Waals surface area contributed by atoms with Gasteiger partial charge in [0.1, 0.15) is 6.61 Å². The molecule has 1 rings (SSSR count). The van der Waals surface area contributed by atoms with Crippen LogP contribution in [-0.2, 0) is 4.74 Å². The Morgan fingerprint density at radius 1 is 1.50 bits per heavy atom. The van der Waals surface area contributed by atoms with Gasteiger partial charge in [-0.15, -0.1) is 0 Å². The number of benzene rings is 1. The van der Waals surface area contributed by atoms with Crippen LogP contribution in [0.4, 0.5) is 8.78 Å². The van der Waals surface area contributed by atoms with Gasteiger partial charge in [0.2, 0.25) is 0 Å². The second kappa shape index (κ2) is 7.63. The Morgan fingerprint density at radius 2 is 2.22 bits per heavy atom. The third kappa shape index (κ3) is 4.85. The van der Waals surface area contributed by atoms with Crippen molar-refractivity contribution < 1.29 is 18.3 Å². The van der Waals surface area contributed by atoms with E-state index >= 15 is 0 Å². The summed E-state index contributed by atoms with van der Waals surface area (Å²) < 4.78 is 29.1. The summed E-state index contributed by atoms with van der Waals surface area (Å²) in [5.74, 6) is -0.219. The Hall–Kier alpha value is -0.760. The summed E-state index contributed by atoms with van der Waals surface area (Å²) in [5, 5.41) is 2.63. The van der Waals surface area contributed by atoms with Crippen LogP contribution in [0.15, 0.2) is 18.2 Å². The summed E-state index contributed by atoms with van der Waals surface area (Å²) in [7, 11) is 0. The molecule has 0 saturated heterocycles. The fraction of sp³-hybridized carbons (Fsp3) is 0.417. The molecule has 0 fully saturated rings. The number of nitrogens with one attached hydrogen (secondary N) is 1. The van der Waals surface area contributed by atoms with E-state index in [4.69, 9.17) is 0 Å². The van der Waals surface area contributed by atoms with Crippen molar-refractivity contribution in [3.63, 3.8) is 0 Å². The number of halogens is 3. The van der Waals surface area contributed by atoms with Crippen LogP contribution >= 0.6 is 22.6 Å². The van der Waals surface area contributed by atoms with Gasteiger partial charge >= 0.3 is 0 Å². The number of hydrogen-bond acceptors (Lipinski definition) is 2. The smallest absolute Gasteiger partial charge is 0.261 e. The first kappa shape index (κ1) is 15.3. The number of amides is 1. The fourth-order valence-corrected chi connectivity index (χ4v) is 1.93. The third-order valence-corrected chi connectivity index (χ3v) is 3.64. The first-order valence-electron chi connectivity index (χ1n) is 5.41. The van der Waals surface area contributed by atoms with Crippen LogP contribution in [0.1, 0.15) is 15.9 Å². The maximum atomic E-state index is 11.8. The molecule has 0 aliphatic heterocycles. The highest BCUT2D eigenvalue weighted by molar-refractivity contribution is 14.1. The van der Waals surface area contributed by atoms with Gasteiger partial charge in [-0.05, 0) is 41.1 Å². The van der Waals surface area contributed by atoms with Gasteiger partial charge in [0.15, 0.2) is 0 Å². The van der Waals surface area contributed by atoms with Crippen molar-refractivity contribution in [2.75, 3.05) is 19.8 Å². The molecular formula is C12H14F2INO2. The molecule has 0 aliphatic rings. The summed E-state index contributed by atoms with van der Waals surface area (Å²) in [4.78, 5) is 11.8. The van der Waals surface area contributed by atoms with Crippen LogP contribution in [0.5, 0.6) is 0 Å². The van der Waals surface area contributed by atoms with E-state index in [1.165, 1.54) is 0 Å². The van der Waals surface area contributed by atoms with Crippen molar-refractivity contribution in [3.8, 4) is 0 Å². The van der Waals surface area contributed by atoms with Gasteiger partial charge in [0.05, 0.1) is 12.2 Å². The van der Waals surface area contributed by atoms with Crippen LogP contribution in [0.3, 0.4) is 0 Å². The van der Waals surface area contributed by atoms with Crippen molar-refractivity contribution in [3.05, 3.63) is 32.9 Å². The van der Waals surface area contributed by atoms with Crippen molar-refractivity contribution in [2.45, 2.75) is 13.3 Å². The van der Waals surface area contributed by atoms with Gasteiger partial charge in [0, 0.05) is 10.1 Å². The molecule has 0 aliphatic carbocycles. The molecular weight excluding hydrogens is 355 g/mol. The second-order valence-electron chi connectivity index (χ2n) is 3.66. The zero-order valence-electron chi connectivity index (χ0n) is 9.88. The normalized spacial score (nSPS) is 10.7. The lowest BCUT2D eigenvalue weighted by Gasteiger charge is -2.08. The summed E-state index contributed by atoms with van der Waals surface area (Å²) in [6, 6.07) is 5.45. The standard InChI is InChI=1S/C12H14F2INO2/c1-8-3-2-4-9(11(8)15)12(17)16-5-6-18-7-10(13)14/h2-4,10H,5-7H2,1H3,(H,16,17). The lowest BCUT2D eigenvalue weighted by atomic mass is 10.1. The largest absolute Gasteiger partial charge is 0.374 e. The Balaban J connectivity index is 2.39. The van der Waals surface area contributed by atoms with Gasteiger partial charge in [-0.2, -0.15) is 0 Å². The van der Waals surface area contributed by atoms with Gasteiger partial charge < -0.3 is 10.1 Å². The maximum absolute atomic E-state index is 11.8. The monoisotopic (exact) mass is 369 g/mol. The molecule has 6 heteroatoms. The Labute approximate surface area is 118 Å². The molecule has 0 unspecified atom stereocenters. The lowest BCUT2D eigenvalue weighted by Crippen LogP contribution is -2.28. The summed E-state index contributed by atoms with van der Waals surface area (Å²) in [6.07, 6.45) is -2.47. The summed E-state index contributed by atoms with van der Waals surface area (Å²) >= 11 is 2.11. The quantitative estimate of drug-likeness (QED) is 0.619. The van der Waals surface area contributed by atoms with Crippen molar-refractivity contribution in [1.82, 2.24) is 5.32 Å². The fourth-order valence-electron chi connectivity index (χ4n) is 1.33. The van der Waals surface area contributed by atoms with E-state index in [1.807, 2.05) is 13.0 Å². The van der Waals surface area contributed by atoms with E-state index in [9.17, 15) is 13.6 Å². The Bertz CT molecular complexity index is 413. The predicted molar refractivity (Wildman–Crippen MR) is 73.1 cm³/mol. The van der Waals surface area contributed by atoms with E-state index in [2.05, 4.69) is 32.6 Å². The lowest BCUT2D eigenvalue weighted by molar-refractivity contribution is 0.0188. The predicted octanol–water partition coefficient (Wildman–Crippen LogP) is 2.61. The highest BCUT2D eigenvalue weighted by atomic mass is 127. The molecule has 0 aromatic heterocycles. The minimum Gasteiger partial charge on any atom is -0.374 e. The van der Waals surface area contributed by atoms with Gasteiger partial charge in [-0.1, -0.05) is 12.1 Å². The molecule has 18 heavy (non-hydrogen) atoms. The van der Waals surface area contributed by atoms with E-state index in [-0.39, 0.29) is 19.1 Å². The van der Waals surface area contributed by atoms with Crippen molar-refractivity contribution in [2.24, 2.45) is 0 Å². The summed E-state index contributed by atoms with van der Waals surface area (Å²) in [5.41, 5.74) is 1.61. The maximum Gasteiger partial charge on any atom is 0.261 e. The average molecular weight is 369 g/mol. The second-order valence-corrected chi connectivity index (χ2v) is 4.74. The summed E-state index contributed by atoms with van der Waals surface area (Å²) in [6.45, 7) is 1.62. The number of carbonyl (C=O) groups excluding carboxylic acids is 1. The molecule has 0 spiro atoms. The third-order valence-electron chi connectivity index (χ3n) is 2.21. The van der Waals surface area contributed by atoms with Crippen molar-refractivity contribution in [1.29, 1.82) is 0 Å². The molecule has 1 amide bonds. The van der Waals surface area contributed by atoms with Crippen LogP contribution in [0, 0.1) is 10.5 Å². The van der Waals surface area contributed by atoms with Gasteiger partial charge in [-0.3, -0.25) is 4.79 Å². The first-order chi connectivity index (χ1) is 8.52. The highest BCUT2D eigenvalue weighted by Crippen LogP contribution is 2.16. The topological polar surface area (TPSA) is 38.3 Å². The molecule has 1 aromatic rings. The van der Waals surface area contributed by atoms with Crippen molar-refractivity contribution >= 4 is 28.5 Å². The van der Waals surface area contributed by atoms with E-state index in [0.717, 1.165) is 9.13 Å². The molecule has 0 radical (unpaired) electrons. The molecule has 1 aromatic carbocycles.